The Hall–Kier alpha value is -2.57. The smallest absolute Gasteiger partial charge is 0.240 e. The summed E-state index contributed by atoms with van der Waals surface area (Å²) in [5, 5.41) is 7.12. The highest BCUT2D eigenvalue weighted by Gasteiger charge is 2.18. The molecule has 1 saturated heterocycles. The van der Waals surface area contributed by atoms with Crippen LogP contribution in [0.15, 0.2) is 48.5 Å². The summed E-state index contributed by atoms with van der Waals surface area (Å²) >= 11 is 5.92. The molecule has 1 aromatic heterocycles. The van der Waals surface area contributed by atoms with Gasteiger partial charge in [-0.25, -0.2) is 4.98 Å². The number of carbonyl (C=O) groups is 1. The van der Waals surface area contributed by atoms with E-state index in [1.54, 1.807) is 12.1 Å². The Balaban J connectivity index is 1.51. The molecule has 1 aliphatic rings. The van der Waals surface area contributed by atoms with E-state index in [0.29, 0.717) is 10.8 Å². The lowest BCUT2D eigenvalue weighted by Crippen LogP contribution is -2.43. The molecule has 0 bridgehead atoms. The molecule has 2 heterocycles. The number of hydrogen-bond donors (Lipinski definition) is 2. The van der Waals surface area contributed by atoms with Gasteiger partial charge < -0.3 is 19.9 Å². The van der Waals surface area contributed by atoms with E-state index in [9.17, 15) is 4.79 Å². The van der Waals surface area contributed by atoms with Gasteiger partial charge in [0.05, 0.1) is 11.0 Å². The van der Waals surface area contributed by atoms with Gasteiger partial charge >= 0.3 is 0 Å². The first-order chi connectivity index (χ1) is 13.7. The largest absolute Gasteiger partial charge is 0.486 e. The topological polar surface area (TPSA) is 68.2 Å². The molecule has 6 nitrogen and oxygen atoms in total. The van der Waals surface area contributed by atoms with Crippen molar-refractivity contribution in [2.75, 3.05) is 13.1 Å². The van der Waals surface area contributed by atoms with Crippen molar-refractivity contribution in [3.63, 3.8) is 0 Å². The van der Waals surface area contributed by atoms with Crippen LogP contribution < -0.4 is 15.4 Å². The number of nitrogens with one attached hydrogen (secondary N) is 2. The van der Waals surface area contributed by atoms with Gasteiger partial charge in [0.15, 0.2) is 0 Å². The predicted octanol–water partition coefficient (Wildman–Crippen LogP) is 3.14. The molecule has 0 unspecified atom stereocenters. The van der Waals surface area contributed by atoms with E-state index in [0.717, 1.165) is 42.8 Å². The van der Waals surface area contributed by atoms with Crippen LogP contribution in [0.5, 0.6) is 5.75 Å². The third kappa shape index (κ3) is 4.46. The predicted molar refractivity (Wildman–Crippen MR) is 110 cm³/mol. The molecule has 3 aromatic rings. The van der Waals surface area contributed by atoms with E-state index in [2.05, 4.69) is 15.6 Å². The van der Waals surface area contributed by atoms with E-state index in [4.69, 9.17) is 16.3 Å². The number of rotatable bonds is 6. The van der Waals surface area contributed by atoms with E-state index >= 15 is 0 Å². The summed E-state index contributed by atoms with van der Waals surface area (Å²) in [6, 6.07) is 15.3. The molecule has 0 aliphatic carbocycles. The number of nitrogens with zero attached hydrogens (tertiary/aromatic N) is 2. The van der Waals surface area contributed by atoms with E-state index in [1.165, 1.54) is 0 Å². The Morgan fingerprint density at radius 2 is 1.93 bits per heavy atom. The minimum atomic E-state index is 0.00259. The van der Waals surface area contributed by atoms with Crippen LogP contribution in [0.4, 0.5) is 0 Å². The van der Waals surface area contributed by atoms with Gasteiger partial charge in [0.25, 0.3) is 0 Å². The molecule has 1 aliphatic heterocycles. The minimum absolute atomic E-state index is 0.00259. The minimum Gasteiger partial charge on any atom is -0.486 e. The summed E-state index contributed by atoms with van der Waals surface area (Å²) in [5.41, 5.74) is 1.78. The normalized spacial score (nSPS) is 14.9. The van der Waals surface area contributed by atoms with Crippen molar-refractivity contribution in [2.24, 2.45) is 0 Å². The van der Waals surface area contributed by atoms with Crippen LogP contribution >= 0.6 is 11.6 Å². The lowest BCUT2D eigenvalue weighted by atomic mass is 10.1. The third-order valence-electron chi connectivity index (χ3n) is 4.92. The molecule has 28 heavy (non-hydrogen) atoms. The Morgan fingerprint density at radius 3 is 2.71 bits per heavy atom. The van der Waals surface area contributed by atoms with Crippen LogP contribution in [-0.2, 0) is 17.9 Å². The van der Waals surface area contributed by atoms with Crippen LogP contribution in [-0.4, -0.2) is 34.6 Å². The van der Waals surface area contributed by atoms with Gasteiger partial charge in [-0.05, 0) is 62.3 Å². The molecule has 146 valence electrons. The van der Waals surface area contributed by atoms with Crippen LogP contribution in [0.3, 0.4) is 0 Å². The monoisotopic (exact) mass is 398 g/mol. The molecule has 1 amide bonds. The fourth-order valence-corrected chi connectivity index (χ4v) is 3.60. The van der Waals surface area contributed by atoms with Crippen LogP contribution in [0.2, 0.25) is 5.02 Å². The maximum absolute atomic E-state index is 12.7. The average molecular weight is 399 g/mol. The Bertz CT molecular complexity index is 949. The van der Waals surface area contributed by atoms with Crippen molar-refractivity contribution in [1.82, 2.24) is 20.2 Å². The zero-order valence-corrected chi connectivity index (χ0v) is 16.3. The number of amides is 1. The molecule has 4 rings (SSSR count). The Morgan fingerprint density at radius 1 is 1.18 bits per heavy atom. The first-order valence-electron chi connectivity index (χ1n) is 9.51. The number of halogens is 1. The number of fused-ring (bicyclic) bond motifs is 1. The second kappa shape index (κ2) is 8.63. The van der Waals surface area contributed by atoms with Crippen molar-refractivity contribution in [2.45, 2.75) is 32.0 Å². The van der Waals surface area contributed by atoms with Crippen molar-refractivity contribution < 1.29 is 9.53 Å². The highest BCUT2D eigenvalue weighted by atomic mass is 35.5. The number of piperidine rings is 1. The molecule has 0 radical (unpaired) electrons. The number of para-hydroxylation sites is 2. The van der Waals surface area contributed by atoms with Gasteiger partial charge in [0, 0.05) is 11.1 Å². The van der Waals surface area contributed by atoms with Crippen molar-refractivity contribution >= 4 is 28.5 Å². The van der Waals surface area contributed by atoms with Crippen molar-refractivity contribution in [3.8, 4) is 5.75 Å². The molecule has 1 fully saturated rings. The molecule has 0 saturated carbocycles. The maximum atomic E-state index is 12.7. The number of carbonyl (C=O) groups excluding carboxylic acids is 1. The summed E-state index contributed by atoms with van der Waals surface area (Å²) in [5.74, 6) is 1.43. The summed E-state index contributed by atoms with van der Waals surface area (Å²) in [7, 11) is 0. The number of ether oxygens (including phenoxy) is 1. The second-order valence-electron chi connectivity index (χ2n) is 6.94. The van der Waals surface area contributed by atoms with Gasteiger partial charge in [0.2, 0.25) is 5.91 Å². The summed E-state index contributed by atoms with van der Waals surface area (Å²) in [4.78, 5) is 17.3. The first kappa shape index (κ1) is 18.8. The second-order valence-corrected chi connectivity index (χ2v) is 7.37. The van der Waals surface area contributed by atoms with E-state index in [-0.39, 0.29) is 25.1 Å². The van der Waals surface area contributed by atoms with E-state index in [1.807, 2.05) is 41.0 Å². The quantitative estimate of drug-likeness (QED) is 0.669. The standard InChI is InChI=1S/C21H23ClN4O2/c22-15-5-7-17(8-6-15)28-14-20-25-18-3-1-2-4-19(18)26(20)13-21(27)24-16-9-11-23-12-10-16/h1-8,16,23H,9-14H2,(H,24,27). The summed E-state index contributed by atoms with van der Waals surface area (Å²) in [6.45, 7) is 2.39. The molecule has 7 heteroatoms. The maximum Gasteiger partial charge on any atom is 0.240 e. The zero-order valence-electron chi connectivity index (χ0n) is 15.5. The van der Waals surface area contributed by atoms with Gasteiger partial charge in [-0.2, -0.15) is 0 Å². The summed E-state index contributed by atoms with van der Waals surface area (Å²) < 4.78 is 7.80. The van der Waals surface area contributed by atoms with Gasteiger partial charge in [0.1, 0.15) is 24.7 Å². The lowest BCUT2D eigenvalue weighted by Gasteiger charge is -2.24. The van der Waals surface area contributed by atoms with Crippen LogP contribution in [0.1, 0.15) is 18.7 Å². The SMILES string of the molecule is O=C(Cn1c(COc2ccc(Cl)cc2)nc2ccccc21)NC1CCNCC1. The average Bonchev–Trinajstić information content (AvgIpc) is 3.06. The molecule has 0 atom stereocenters. The fourth-order valence-electron chi connectivity index (χ4n) is 3.47. The van der Waals surface area contributed by atoms with Crippen LogP contribution in [0, 0.1) is 0 Å². The van der Waals surface area contributed by atoms with Crippen molar-refractivity contribution in [1.29, 1.82) is 0 Å². The van der Waals surface area contributed by atoms with Gasteiger partial charge in [-0.3, -0.25) is 4.79 Å². The molecule has 2 N–H and O–H groups in total. The Kier molecular flexibility index (Phi) is 5.78. The van der Waals surface area contributed by atoms with Gasteiger partial charge in [-0.1, -0.05) is 23.7 Å². The highest BCUT2D eigenvalue weighted by Crippen LogP contribution is 2.20. The third-order valence-corrected chi connectivity index (χ3v) is 5.17. The van der Waals surface area contributed by atoms with Crippen LogP contribution in [0.25, 0.3) is 11.0 Å². The first-order valence-corrected chi connectivity index (χ1v) is 9.89. The number of imidazole rings is 1. The molecular weight excluding hydrogens is 376 g/mol. The van der Waals surface area contributed by atoms with Gasteiger partial charge in [-0.15, -0.1) is 0 Å². The number of benzene rings is 2. The molecule has 2 aromatic carbocycles. The Labute approximate surface area is 168 Å². The lowest BCUT2D eigenvalue weighted by molar-refractivity contribution is -0.122. The fraction of sp³-hybridized carbons (Fsp3) is 0.333. The summed E-state index contributed by atoms with van der Waals surface area (Å²) in [6.07, 6.45) is 1.92. The molecular formula is C21H23ClN4O2. The number of hydrogen-bond acceptors (Lipinski definition) is 4. The molecule has 0 spiro atoms. The van der Waals surface area contributed by atoms with Crippen molar-refractivity contribution in [3.05, 3.63) is 59.4 Å². The number of aromatic nitrogens is 2. The zero-order chi connectivity index (χ0) is 19.3. The van der Waals surface area contributed by atoms with E-state index < -0.39 is 0 Å². The highest BCUT2D eigenvalue weighted by molar-refractivity contribution is 6.30.